The van der Waals surface area contributed by atoms with Crippen molar-refractivity contribution in [1.29, 1.82) is 0 Å². The standard InChI is InChI=1S/C28H36O4Si/c1-21(29)27(22-15-16-25(27)28(19-22)30-17-18-31-28)20-32-33(26(2,3)4,23-11-7-5-8-12-23)24-13-9-6-10-14-24/h5-14,22,25H,15-20H2,1-4H3/t22-,25-,27?/m1/s1. The van der Waals surface area contributed by atoms with Crippen molar-refractivity contribution in [3.8, 4) is 0 Å². The quantitative estimate of drug-likeness (QED) is 0.598. The number of ether oxygens (including phenoxy) is 2. The molecule has 0 N–H and O–H groups in total. The first-order chi connectivity index (χ1) is 15.8. The largest absolute Gasteiger partial charge is 0.406 e. The predicted molar refractivity (Wildman–Crippen MR) is 132 cm³/mol. The second kappa shape index (κ2) is 8.16. The Kier molecular flexibility index (Phi) is 5.68. The third kappa shape index (κ3) is 3.31. The van der Waals surface area contributed by atoms with Crippen molar-refractivity contribution in [3.05, 3.63) is 60.7 Å². The lowest BCUT2D eigenvalue weighted by molar-refractivity contribution is -0.200. The van der Waals surface area contributed by atoms with E-state index in [2.05, 4.69) is 81.4 Å². The molecule has 4 nitrogen and oxygen atoms in total. The van der Waals surface area contributed by atoms with Crippen LogP contribution in [-0.4, -0.2) is 39.7 Å². The van der Waals surface area contributed by atoms with Crippen molar-refractivity contribution in [2.75, 3.05) is 19.8 Å². The van der Waals surface area contributed by atoms with E-state index in [1.165, 1.54) is 10.4 Å². The Bertz CT molecular complexity index is 954. The molecule has 0 radical (unpaired) electrons. The van der Waals surface area contributed by atoms with E-state index < -0.39 is 19.5 Å². The molecule has 0 aromatic heterocycles. The average molecular weight is 465 g/mol. The molecule has 33 heavy (non-hydrogen) atoms. The molecule has 0 amide bonds. The number of ketones is 1. The molecular weight excluding hydrogens is 428 g/mol. The van der Waals surface area contributed by atoms with Gasteiger partial charge in [0.1, 0.15) is 5.78 Å². The van der Waals surface area contributed by atoms with Crippen LogP contribution in [0.4, 0.5) is 0 Å². The van der Waals surface area contributed by atoms with Crippen LogP contribution in [0.1, 0.15) is 47.0 Å². The highest BCUT2D eigenvalue weighted by molar-refractivity contribution is 6.99. The van der Waals surface area contributed by atoms with Crippen LogP contribution in [0.2, 0.25) is 5.04 Å². The van der Waals surface area contributed by atoms with Crippen molar-refractivity contribution in [1.82, 2.24) is 0 Å². The SMILES string of the molecule is CC(=O)C1(CO[Si](c2ccccc2)(c2ccccc2)C(C)(C)C)[C@@H]2CC[C@H]1C1(C2)OCCO1. The monoisotopic (exact) mass is 464 g/mol. The van der Waals surface area contributed by atoms with Gasteiger partial charge in [-0.3, -0.25) is 4.79 Å². The lowest BCUT2D eigenvalue weighted by atomic mass is 9.74. The summed E-state index contributed by atoms with van der Waals surface area (Å²) in [5, 5.41) is 2.37. The smallest absolute Gasteiger partial charge is 0.261 e. The molecule has 2 aliphatic carbocycles. The van der Waals surface area contributed by atoms with Crippen molar-refractivity contribution in [2.45, 2.75) is 57.8 Å². The molecule has 5 heteroatoms. The number of carbonyl (C=O) groups excluding carboxylic acids is 1. The van der Waals surface area contributed by atoms with Crippen molar-refractivity contribution in [2.24, 2.45) is 17.3 Å². The van der Waals surface area contributed by atoms with Crippen molar-refractivity contribution >= 4 is 24.5 Å². The van der Waals surface area contributed by atoms with Crippen LogP contribution in [-0.2, 0) is 18.7 Å². The Morgan fingerprint density at radius 3 is 2.00 bits per heavy atom. The normalized spacial score (nSPS) is 28.5. The van der Waals surface area contributed by atoms with Gasteiger partial charge in [0.05, 0.1) is 18.6 Å². The summed E-state index contributed by atoms with van der Waals surface area (Å²) >= 11 is 0. The van der Waals surface area contributed by atoms with Gasteiger partial charge in [0.2, 0.25) is 0 Å². The molecule has 2 aromatic rings. The Balaban J connectivity index is 1.60. The highest BCUT2D eigenvalue weighted by atomic mass is 28.4. The molecule has 1 saturated heterocycles. The Morgan fingerprint density at radius 1 is 0.970 bits per heavy atom. The second-order valence-electron chi connectivity index (χ2n) is 11.1. The predicted octanol–water partition coefficient (Wildman–Crippen LogP) is 4.31. The molecule has 3 aliphatic rings. The third-order valence-electron chi connectivity index (χ3n) is 8.59. The summed E-state index contributed by atoms with van der Waals surface area (Å²) in [5.74, 6) is -0.0583. The lowest BCUT2D eigenvalue weighted by Gasteiger charge is -2.46. The highest BCUT2D eigenvalue weighted by Gasteiger charge is 2.70. The number of hydrogen-bond acceptors (Lipinski definition) is 4. The fraction of sp³-hybridized carbons (Fsp3) is 0.536. The van der Waals surface area contributed by atoms with Gasteiger partial charge in [-0.2, -0.15) is 0 Å². The summed E-state index contributed by atoms with van der Waals surface area (Å²) in [6.07, 6.45) is 2.82. The molecule has 2 saturated carbocycles. The minimum Gasteiger partial charge on any atom is -0.406 e. The van der Waals surface area contributed by atoms with Gasteiger partial charge in [-0.15, -0.1) is 0 Å². The molecule has 176 valence electrons. The summed E-state index contributed by atoms with van der Waals surface area (Å²) in [5.41, 5.74) is -0.544. The van der Waals surface area contributed by atoms with E-state index in [0.29, 0.717) is 19.8 Å². The van der Waals surface area contributed by atoms with Crippen LogP contribution in [0.25, 0.3) is 0 Å². The van der Waals surface area contributed by atoms with E-state index in [0.717, 1.165) is 19.3 Å². The fourth-order valence-corrected chi connectivity index (χ4v) is 11.8. The van der Waals surface area contributed by atoms with E-state index in [1.807, 2.05) is 0 Å². The van der Waals surface area contributed by atoms with Gasteiger partial charge in [0, 0.05) is 18.9 Å². The minimum absolute atomic E-state index is 0.0632. The van der Waals surface area contributed by atoms with Gasteiger partial charge in [0.15, 0.2) is 5.79 Å². The van der Waals surface area contributed by atoms with Crippen LogP contribution in [0.3, 0.4) is 0 Å². The summed E-state index contributed by atoms with van der Waals surface area (Å²) in [7, 11) is -2.73. The second-order valence-corrected chi connectivity index (χ2v) is 15.4. The van der Waals surface area contributed by atoms with E-state index in [1.54, 1.807) is 6.92 Å². The van der Waals surface area contributed by atoms with E-state index in [9.17, 15) is 4.79 Å². The molecule has 3 atom stereocenters. The Labute approximate surface area is 198 Å². The van der Waals surface area contributed by atoms with Gasteiger partial charge < -0.3 is 13.9 Å². The molecule has 1 spiro atoms. The molecule has 2 bridgehead atoms. The number of Topliss-reactive ketones (excluding diaryl/α,β-unsaturated/α-hetero) is 1. The maximum atomic E-state index is 13.4. The maximum Gasteiger partial charge on any atom is 0.261 e. The third-order valence-corrected chi connectivity index (χ3v) is 13.6. The molecule has 1 unspecified atom stereocenters. The van der Waals surface area contributed by atoms with Gasteiger partial charge in [0.25, 0.3) is 8.32 Å². The number of benzene rings is 2. The number of hydrogen-bond donors (Lipinski definition) is 0. The molecular formula is C28H36O4Si. The fourth-order valence-electron chi connectivity index (χ4n) is 7.18. The van der Waals surface area contributed by atoms with Gasteiger partial charge in [-0.05, 0) is 41.1 Å². The van der Waals surface area contributed by atoms with Crippen LogP contribution >= 0.6 is 0 Å². The van der Waals surface area contributed by atoms with Gasteiger partial charge in [-0.25, -0.2) is 0 Å². The summed E-state index contributed by atoms with van der Waals surface area (Å²) in [4.78, 5) is 13.4. The topological polar surface area (TPSA) is 44.8 Å². The summed E-state index contributed by atoms with van der Waals surface area (Å²) in [6.45, 7) is 10.3. The Morgan fingerprint density at radius 2 is 1.52 bits per heavy atom. The zero-order chi connectivity index (χ0) is 23.3. The summed E-state index contributed by atoms with van der Waals surface area (Å²) in [6, 6.07) is 21.4. The van der Waals surface area contributed by atoms with E-state index >= 15 is 0 Å². The zero-order valence-electron chi connectivity index (χ0n) is 20.3. The molecule has 5 rings (SSSR count). The number of rotatable bonds is 6. The molecule has 3 fully saturated rings. The lowest BCUT2D eigenvalue weighted by Crippen LogP contribution is -2.67. The zero-order valence-corrected chi connectivity index (χ0v) is 21.3. The van der Waals surface area contributed by atoms with E-state index in [-0.39, 0.29) is 22.7 Å². The van der Waals surface area contributed by atoms with Crippen LogP contribution in [0, 0.1) is 17.3 Å². The first-order valence-corrected chi connectivity index (χ1v) is 14.2. The first kappa shape index (κ1) is 23.0. The minimum atomic E-state index is -2.73. The van der Waals surface area contributed by atoms with Crippen molar-refractivity contribution in [3.63, 3.8) is 0 Å². The van der Waals surface area contributed by atoms with E-state index in [4.69, 9.17) is 13.9 Å². The van der Waals surface area contributed by atoms with Crippen LogP contribution in [0.15, 0.2) is 60.7 Å². The summed E-state index contributed by atoms with van der Waals surface area (Å²) < 4.78 is 19.7. The number of carbonyl (C=O) groups is 1. The van der Waals surface area contributed by atoms with Gasteiger partial charge >= 0.3 is 0 Å². The van der Waals surface area contributed by atoms with Crippen molar-refractivity contribution < 1.29 is 18.7 Å². The number of fused-ring (bicyclic) bond motifs is 3. The molecule has 1 heterocycles. The average Bonchev–Trinajstić information content (AvgIpc) is 3.47. The van der Waals surface area contributed by atoms with Crippen LogP contribution in [0.5, 0.6) is 0 Å². The van der Waals surface area contributed by atoms with Crippen LogP contribution < -0.4 is 10.4 Å². The van der Waals surface area contributed by atoms with Gasteiger partial charge in [-0.1, -0.05) is 81.4 Å². The first-order valence-electron chi connectivity index (χ1n) is 12.3. The maximum absolute atomic E-state index is 13.4. The molecule has 2 aromatic carbocycles. The molecule has 1 aliphatic heterocycles. The Hall–Kier alpha value is -1.79. The highest BCUT2D eigenvalue weighted by Crippen LogP contribution is 2.65.